The predicted octanol–water partition coefficient (Wildman–Crippen LogP) is 6.19. The van der Waals surface area contributed by atoms with Crippen molar-refractivity contribution >= 4 is 10.9 Å². The third-order valence-corrected chi connectivity index (χ3v) is 6.28. The van der Waals surface area contributed by atoms with E-state index in [1.54, 1.807) is 6.07 Å². The molecule has 1 aliphatic rings. The van der Waals surface area contributed by atoms with Crippen molar-refractivity contribution in [1.29, 1.82) is 0 Å². The lowest BCUT2D eigenvalue weighted by atomic mass is 9.89. The number of nitrogens with one attached hydrogen (secondary N) is 1. The number of hydrogen-bond donors (Lipinski definition) is 1. The number of H-pyrrole nitrogens is 1. The lowest BCUT2D eigenvalue weighted by Crippen LogP contribution is -2.47. The Balaban J connectivity index is 1.46. The lowest BCUT2D eigenvalue weighted by molar-refractivity contribution is -0.207. The van der Waals surface area contributed by atoms with E-state index in [9.17, 15) is 4.39 Å². The molecule has 1 fully saturated rings. The molecule has 33 heavy (non-hydrogen) atoms. The summed E-state index contributed by atoms with van der Waals surface area (Å²) >= 11 is 0. The largest absolute Gasteiger partial charge is 0.370 e. The Morgan fingerprint density at radius 1 is 0.848 bits per heavy atom. The molecule has 0 unspecified atom stereocenters. The molecule has 2 heterocycles. The van der Waals surface area contributed by atoms with E-state index in [1.165, 1.54) is 6.07 Å². The zero-order valence-electron chi connectivity index (χ0n) is 18.6. The smallest absolute Gasteiger partial charge is 0.132 e. The molecule has 1 aliphatic heterocycles. The van der Waals surface area contributed by atoms with E-state index in [2.05, 4.69) is 24.0 Å². The van der Waals surface area contributed by atoms with Crippen LogP contribution in [0.4, 0.5) is 4.39 Å². The quantitative estimate of drug-likeness (QED) is 0.369. The van der Waals surface area contributed by atoms with Crippen LogP contribution < -0.4 is 0 Å². The molecule has 3 aromatic carbocycles. The summed E-state index contributed by atoms with van der Waals surface area (Å²) in [6.45, 7) is 3.53. The van der Waals surface area contributed by atoms with Crippen LogP contribution in [0.3, 0.4) is 0 Å². The maximum absolute atomic E-state index is 14.8. The molecule has 4 aromatic rings. The molecular weight excluding hydrogens is 417 g/mol. The molecule has 170 valence electrons. The van der Waals surface area contributed by atoms with Crippen LogP contribution in [0.15, 0.2) is 85.1 Å². The van der Waals surface area contributed by atoms with Gasteiger partial charge in [-0.05, 0) is 23.3 Å². The van der Waals surface area contributed by atoms with Crippen LogP contribution in [0.1, 0.15) is 29.7 Å². The van der Waals surface area contributed by atoms with E-state index >= 15 is 0 Å². The number of hydrogen-bond acceptors (Lipinski definition) is 3. The maximum Gasteiger partial charge on any atom is 0.132 e. The average Bonchev–Trinajstić information content (AvgIpc) is 3.29. The SMILES string of the molecule is C[C@@H]1CO[C@@H](c2c[nH]c3cccc(F)c23)[C@H](OCc2ccccc2)[C@H]1OCc1ccccc1. The number of rotatable bonds is 7. The summed E-state index contributed by atoms with van der Waals surface area (Å²) in [5, 5.41) is 0.548. The predicted molar refractivity (Wildman–Crippen MR) is 126 cm³/mol. The Hall–Kier alpha value is -2.99. The molecule has 0 saturated carbocycles. The van der Waals surface area contributed by atoms with Gasteiger partial charge in [-0.3, -0.25) is 0 Å². The second kappa shape index (κ2) is 9.87. The van der Waals surface area contributed by atoms with Crippen LogP contribution in [0, 0.1) is 11.7 Å². The van der Waals surface area contributed by atoms with Crippen molar-refractivity contribution in [1.82, 2.24) is 4.98 Å². The minimum absolute atomic E-state index is 0.126. The van der Waals surface area contributed by atoms with Crippen molar-refractivity contribution in [2.75, 3.05) is 6.61 Å². The number of benzene rings is 3. The van der Waals surface area contributed by atoms with Gasteiger partial charge < -0.3 is 19.2 Å². The fourth-order valence-electron chi connectivity index (χ4n) is 4.57. The Morgan fingerprint density at radius 3 is 2.15 bits per heavy atom. The van der Waals surface area contributed by atoms with Gasteiger partial charge in [0.15, 0.2) is 0 Å². The number of fused-ring (bicyclic) bond motifs is 1. The summed E-state index contributed by atoms with van der Waals surface area (Å²) < 4.78 is 34.0. The van der Waals surface area contributed by atoms with E-state index in [0.29, 0.717) is 25.2 Å². The van der Waals surface area contributed by atoms with Crippen LogP contribution in [0.5, 0.6) is 0 Å². The van der Waals surface area contributed by atoms with Crippen molar-refractivity contribution in [3.63, 3.8) is 0 Å². The van der Waals surface area contributed by atoms with Gasteiger partial charge in [-0.15, -0.1) is 0 Å². The molecule has 0 spiro atoms. The third kappa shape index (κ3) is 4.71. The van der Waals surface area contributed by atoms with Crippen LogP contribution in [0.2, 0.25) is 0 Å². The molecule has 0 bridgehead atoms. The van der Waals surface area contributed by atoms with Gasteiger partial charge in [0.25, 0.3) is 0 Å². The zero-order chi connectivity index (χ0) is 22.6. The second-order valence-electron chi connectivity index (χ2n) is 8.66. The van der Waals surface area contributed by atoms with Gasteiger partial charge in [0.1, 0.15) is 18.0 Å². The minimum atomic E-state index is -0.448. The first kappa shape index (κ1) is 21.8. The molecule has 0 aliphatic carbocycles. The van der Waals surface area contributed by atoms with E-state index in [0.717, 1.165) is 22.2 Å². The highest BCUT2D eigenvalue weighted by Gasteiger charge is 2.42. The summed E-state index contributed by atoms with van der Waals surface area (Å²) in [5.41, 5.74) is 3.69. The summed E-state index contributed by atoms with van der Waals surface area (Å²) in [5.74, 6) is -0.143. The number of aromatic amines is 1. The second-order valence-corrected chi connectivity index (χ2v) is 8.66. The van der Waals surface area contributed by atoms with Crippen molar-refractivity contribution in [2.24, 2.45) is 5.92 Å². The summed E-state index contributed by atoms with van der Waals surface area (Å²) in [6.07, 6.45) is 0.790. The van der Waals surface area contributed by atoms with Crippen LogP contribution >= 0.6 is 0 Å². The summed E-state index contributed by atoms with van der Waals surface area (Å²) in [6, 6.07) is 25.2. The molecule has 0 amide bonds. The fraction of sp³-hybridized carbons (Fsp3) is 0.286. The first-order valence-corrected chi connectivity index (χ1v) is 11.4. The van der Waals surface area contributed by atoms with E-state index < -0.39 is 12.2 Å². The van der Waals surface area contributed by atoms with Gasteiger partial charge in [-0.25, -0.2) is 4.39 Å². The standard InChI is InChI=1S/C28H28FNO3/c1-19-16-31-27(22-15-30-24-14-8-13-23(29)25(22)24)28(33-18-21-11-6-3-7-12-21)26(19)32-17-20-9-4-2-5-10-20/h2-15,19,26-28,30H,16-18H2,1H3/t19-,26+,27+,28-/m1/s1. The highest BCUT2D eigenvalue weighted by Crippen LogP contribution is 2.39. The van der Waals surface area contributed by atoms with E-state index in [-0.39, 0.29) is 17.8 Å². The summed E-state index contributed by atoms with van der Waals surface area (Å²) in [7, 11) is 0. The van der Waals surface area contributed by atoms with Gasteiger partial charge in [0.05, 0.1) is 25.9 Å². The molecule has 1 aromatic heterocycles. The summed E-state index contributed by atoms with van der Waals surface area (Å²) in [4.78, 5) is 3.19. The molecular formula is C28H28FNO3. The molecule has 4 nitrogen and oxygen atoms in total. The lowest BCUT2D eigenvalue weighted by Gasteiger charge is -2.41. The van der Waals surface area contributed by atoms with Gasteiger partial charge >= 0.3 is 0 Å². The first-order valence-electron chi connectivity index (χ1n) is 11.4. The maximum atomic E-state index is 14.8. The van der Waals surface area contributed by atoms with Crippen LogP contribution in [-0.2, 0) is 27.4 Å². The van der Waals surface area contributed by atoms with Crippen molar-refractivity contribution in [3.8, 4) is 0 Å². The monoisotopic (exact) mass is 445 g/mol. The van der Waals surface area contributed by atoms with Gasteiger partial charge in [-0.1, -0.05) is 73.7 Å². The number of ether oxygens (including phenoxy) is 3. The zero-order valence-corrected chi connectivity index (χ0v) is 18.6. The van der Waals surface area contributed by atoms with Crippen molar-refractivity contribution < 1.29 is 18.6 Å². The van der Waals surface area contributed by atoms with Crippen molar-refractivity contribution in [2.45, 2.75) is 38.4 Å². The Bertz CT molecular complexity index is 1180. The molecule has 1 N–H and O–H groups in total. The van der Waals surface area contributed by atoms with Crippen molar-refractivity contribution in [3.05, 3.63) is 108 Å². The normalized spacial score (nSPS) is 23.1. The highest BCUT2D eigenvalue weighted by atomic mass is 19.1. The van der Waals surface area contributed by atoms with E-state index in [1.807, 2.05) is 60.8 Å². The molecule has 4 atom stereocenters. The third-order valence-electron chi connectivity index (χ3n) is 6.28. The highest BCUT2D eigenvalue weighted by molar-refractivity contribution is 5.84. The Labute approximate surface area is 193 Å². The van der Waals surface area contributed by atoms with Gasteiger partial charge in [0.2, 0.25) is 0 Å². The Morgan fingerprint density at radius 2 is 1.48 bits per heavy atom. The van der Waals surface area contributed by atoms with Gasteiger partial charge in [-0.2, -0.15) is 0 Å². The molecule has 1 saturated heterocycles. The number of aromatic nitrogens is 1. The Kier molecular flexibility index (Phi) is 6.53. The van der Waals surface area contributed by atoms with E-state index in [4.69, 9.17) is 14.2 Å². The van der Waals surface area contributed by atoms with Crippen LogP contribution in [-0.4, -0.2) is 23.8 Å². The topological polar surface area (TPSA) is 43.5 Å². The van der Waals surface area contributed by atoms with Crippen LogP contribution in [0.25, 0.3) is 10.9 Å². The first-order chi connectivity index (χ1) is 16.2. The molecule has 5 heteroatoms. The van der Waals surface area contributed by atoms with Gasteiger partial charge in [0, 0.05) is 28.6 Å². The molecule has 5 rings (SSSR count). The molecule has 0 radical (unpaired) electrons. The average molecular weight is 446 g/mol. The fourth-order valence-corrected chi connectivity index (χ4v) is 4.57. The minimum Gasteiger partial charge on any atom is -0.370 e. The number of halogens is 1.